The first-order chi connectivity index (χ1) is 15.7. The van der Waals surface area contributed by atoms with Gasteiger partial charge in [0.1, 0.15) is 11.4 Å². The number of likely N-dealkylation sites (tertiary alicyclic amines) is 1. The van der Waals surface area contributed by atoms with Gasteiger partial charge >= 0.3 is 0 Å². The Balaban J connectivity index is 1.31. The fourth-order valence-electron chi connectivity index (χ4n) is 5.18. The SMILES string of the molecule is Cc1nc(N[C@@H]2CCCN(C3CC(F)(F)C3)C2)nnc1-c1ccc2c(c1O)CCC2=C(F)F. The molecule has 3 aliphatic rings. The van der Waals surface area contributed by atoms with Crippen LogP contribution in [0.15, 0.2) is 18.2 Å². The Bertz CT molecular complexity index is 1110. The molecule has 1 aromatic carbocycles. The van der Waals surface area contributed by atoms with E-state index in [4.69, 9.17) is 0 Å². The molecule has 2 aliphatic carbocycles. The first-order valence-electron chi connectivity index (χ1n) is 11.2. The van der Waals surface area contributed by atoms with Crippen LogP contribution in [0.2, 0.25) is 0 Å². The van der Waals surface area contributed by atoms with Gasteiger partial charge in [0.05, 0.1) is 5.69 Å². The van der Waals surface area contributed by atoms with Gasteiger partial charge in [-0.05, 0) is 50.8 Å². The number of aryl methyl sites for hydroxylation is 1. The second kappa shape index (κ2) is 8.23. The van der Waals surface area contributed by atoms with Gasteiger partial charge in [-0.1, -0.05) is 6.07 Å². The van der Waals surface area contributed by atoms with Crippen LogP contribution in [0.5, 0.6) is 5.75 Å². The fourth-order valence-corrected chi connectivity index (χ4v) is 5.18. The molecule has 0 radical (unpaired) electrons. The van der Waals surface area contributed by atoms with Crippen LogP contribution in [-0.4, -0.2) is 56.3 Å². The zero-order chi connectivity index (χ0) is 23.3. The molecule has 33 heavy (non-hydrogen) atoms. The van der Waals surface area contributed by atoms with Crippen LogP contribution in [-0.2, 0) is 6.42 Å². The predicted molar refractivity (Wildman–Crippen MR) is 115 cm³/mol. The van der Waals surface area contributed by atoms with Crippen molar-refractivity contribution in [1.82, 2.24) is 20.1 Å². The second-order valence-corrected chi connectivity index (χ2v) is 9.19. The number of piperidine rings is 1. The summed E-state index contributed by atoms with van der Waals surface area (Å²) in [5.74, 6) is -2.26. The van der Waals surface area contributed by atoms with Crippen LogP contribution in [0.25, 0.3) is 16.8 Å². The number of phenolic OH excluding ortho intramolecular Hbond substituents is 1. The highest BCUT2D eigenvalue weighted by atomic mass is 19.3. The van der Waals surface area contributed by atoms with Crippen molar-refractivity contribution < 1.29 is 22.7 Å². The summed E-state index contributed by atoms with van der Waals surface area (Å²) in [6, 6.07) is 3.12. The van der Waals surface area contributed by atoms with E-state index >= 15 is 0 Å². The highest BCUT2D eigenvalue weighted by Crippen LogP contribution is 2.44. The first kappa shape index (κ1) is 22.1. The summed E-state index contributed by atoms with van der Waals surface area (Å²) in [5, 5.41) is 22.4. The molecule has 2 aromatic rings. The first-order valence-corrected chi connectivity index (χ1v) is 11.2. The zero-order valence-corrected chi connectivity index (χ0v) is 18.2. The van der Waals surface area contributed by atoms with E-state index in [0.29, 0.717) is 47.0 Å². The lowest BCUT2D eigenvalue weighted by molar-refractivity contribution is -0.127. The van der Waals surface area contributed by atoms with E-state index in [-0.39, 0.29) is 42.7 Å². The van der Waals surface area contributed by atoms with Crippen LogP contribution in [0.3, 0.4) is 0 Å². The minimum Gasteiger partial charge on any atom is -0.507 e. The Hall–Kier alpha value is -2.75. The van der Waals surface area contributed by atoms with E-state index in [2.05, 4.69) is 25.4 Å². The molecular formula is C23H25F4N5O. The summed E-state index contributed by atoms with van der Waals surface area (Å²) < 4.78 is 52.7. The molecule has 176 valence electrons. The quantitative estimate of drug-likeness (QED) is 0.636. The minimum absolute atomic E-state index is 0.0283. The van der Waals surface area contributed by atoms with Crippen molar-refractivity contribution in [2.45, 2.75) is 63.5 Å². The highest BCUT2D eigenvalue weighted by molar-refractivity contribution is 5.81. The molecule has 1 saturated heterocycles. The van der Waals surface area contributed by atoms with Crippen LogP contribution in [0.1, 0.15) is 48.9 Å². The van der Waals surface area contributed by atoms with Crippen LogP contribution >= 0.6 is 0 Å². The van der Waals surface area contributed by atoms with Crippen molar-refractivity contribution in [2.24, 2.45) is 0 Å². The minimum atomic E-state index is -2.54. The van der Waals surface area contributed by atoms with Crippen LogP contribution in [0, 0.1) is 6.92 Å². The molecule has 1 aromatic heterocycles. The molecule has 1 aliphatic heterocycles. The maximum Gasteiger partial charge on any atom is 0.274 e. The van der Waals surface area contributed by atoms with Gasteiger partial charge in [0.15, 0.2) is 0 Å². The van der Waals surface area contributed by atoms with Crippen molar-refractivity contribution in [3.05, 3.63) is 35.0 Å². The van der Waals surface area contributed by atoms with E-state index in [9.17, 15) is 22.7 Å². The number of alkyl halides is 2. The maximum absolute atomic E-state index is 13.2. The van der Waals surface area contributed by atoms with E-state index in [1.807, 2.05) is 0 Å². The van der Waals surface area contributed by atoms with Crippen LogP contribution < -0.4 is 5.32 Å². The third-order valence-electron chi connectivity index (χ3n) is 6.95. The number of anilines is 1. The number of benzene rings is 1. The standard InChI is InChI=1S/C23H25F4N5O/c1-12-19(18-7-4-15-16(20(18)33)5-6-17(15)21(24)25)30-31-22(28-12)29-13-3-2-8-32(11-13)14-9-23(26,27)10-14/h4,7,13-14,33H,2-3,5-6,8-11H2,1H3,(H,28,29,31)/t13-/m1/s1. The summed E-state index contributed by atoms with van der Waals surface area (Å²) in [6.07, 6.45) is 0.445. The largest absolute Gasteiger partial charge is 0.507 e. The van der Waals surface area contributed by atoms with E-state index < -0.39 is 12.0 Å². The number of nitrogens with one attached hydrogen (secondary N) is 1. The Kier molecular flexibility index (Phi) is 5.50. The lowest BCUT2D eigenvalue weighted by Gasteiger charge is -2.45. The van der Waals surface area contributed by atoms with Gasteiger partial charge in [-0.15, -0.1) is 10.2 Å². The van der Waals surface area contributed by atoms with Crippen LogP contribution in [0.4, 0.5) is 23.5 Å². The Morgan fingerprint density at radius 2 is 1.91 bits per heavy atom. The van der Waals surface area contributed by atoms with Gasteiger partial charge < -0.3 is 10.4 Å². The zero-order valence-electron chi connectivity index (χ0n) is 18.2. The highest BCUT2D eigenvalue weighted by Gasteiger charge is 2.48. The Morgan fingerprint density at radius 3 is 2.61 bits per heavy atom. The second-order valence-electron chi connectivity index (χ2n) is 9.19. The summed E-state index contributed by atoms with van der Waals surface area (Å²) in [5.41, 5.74) is 2.18. The Labute approximate surface area is 188 Å². The molecule has 2 heterocycles. The summed E-state index contributed by atoms with van der Waals surface area (Å²) in [4.78, 5) is 6.59. The number of aromatic hydroxyl groups is 1. The average molecular weight is 463 g/mol. The van der Waals surface area contributed by atoms with E-state index in [0.717, 1.165) is 19.4 Å². The molecule has 2 fully saturated rings. The molecule has 0 spiro atoms. The number of aromatic nitrogens is 3. The fraction of sp³-hybridized carbons (Fsp3) is 0.522. The Morgan fingerprint density at radius 1 is 1.15 bits per heavy atom. The molecular weight excluding hydrogens is 438 g/mol. The van der Waals surface area contributed by atoms with Crippen molar-refractivity contribution in [3.8, 4) is 17.0 Å². The molecule has 1 saturated carbocycles. The lowest BCUT2D eigenvalue weighted by atomic mass is 9.85. The van der Waals surface area contributed by atoms with Crippen molar-refractivity contribution >= 4 is 11.5 Å². The van der Waals surface area contributed by atoms with Crippen molar-refractivity contribution in [3.63, 3.8) is 0 Å². The van der Waals surface area contributed by atoms with Crippen molar-refractivity contribution in [1.29, 1.82) is 0 Å². The van der Waals surface area contributed by atoms with Gasteiger partial charge in [0, 0.05) is 48.2 Å². The average Bonchev–Trinajstić information content (AvgIpc) is 3.19. The molecule has 6 nitrogen and oxygen atoms in total. The summed E-state index contributed by atoms with van der Waals surface area (Å²) >= 11 is 0. The number of rotatable bonds is 4. The molecule has 2 N–H and O–H groups in total. The van der Waals surface area contributed by atoms with Gasteiger partial charge in [-0.25, -0.2) is 13.8 Å². The lowest BCUT2D eigenvalue weighted by Crippen LogP contribution is -2.55. The topological polar surface area (TPSA) is 74.2 Å². The molecule has 10 heteroatoms. The third kappa shape index (κ3) is 4.16. The molecule has 5 rings (SSSR count). The normalized spacial score (nSPS) is 22.7. The number of hydrogen-bond donors (Lipinski definition) is 2. The van der Waals surface area contributed by atoms with E-state index in [1.54, 1.807) is 19.1 Å². The molecule has 1 atom stereocenters. The monoisotopic (exact) mass is 463 g/mol. The molecule has 0 bridgehead atoms. The number of phenols is 1. The molecule has 0 unspecified atom stereocenters. The predicted octanol–water partition coefficient (Wildman–Crippen LogP) is 4.78. The number of allylic oxidation sites excluding steroid dienone is 1. The maximum atomic E-state index is 13.2. The number of nitrogens with zero attached hydrogens (tertiary/aromatic N) is 4. The van der Waals surface area contributed by atoms with Gasteiger partial charge in [0.25, 0.3) is 12.0 Å². The number of hydrogen-bond acceptors (Lipinski definition) is 6. The van der Waals surface area contributed by atoms with E-state index in [1.165, 1.54) is 0 Å². The smallest absolute Gasteiger partial charge is 0.274 e. The summed E-state index contributed by atoms with van der Waals surface area (Å²) in [6.45, 7) is 3.21. The third-order valence-corrected chi connectivity index (χ3v) is 6.95. The van der Waals surface area contributed by atoms with Crippen molar-refractivity contribution in [2.75, 3.05) is 18.4 Å². The number of fused-ring (bicyclic) bond motifs is 1. The number of halogens is 4. The van der Waals surface area contributed by atoms with Gasteiger partial charge in [-0.2, -0.15) is 8.78 Å². The van der Waals surface area contributed by atoms with Gasteiger partial charge in [-0.3, -0.25) is 4.90 Å². The van der Waals surface area contributed by atoms with Gasteiger partial charge in [0.2, 0.25) is 5.95 Å². The molecule has 0 amide bonds. The summed E-state index contributed by atoms with van der Waals surface area (Å²) in [7, 11) is 0.